The maximum absolute atomic E-state index is 11.8. The van der Waals surface area contributed by atoms with Crippen molar-refractivity contribution in [1.82, 2.24) is 14.6 Å². The molecule has 0 atom stereocenters. The van der Waals surface area contributed by atoms with Crippen LogP contribution in [0.1, 0.15) is 18.5 Å². The lowest BCUT2D eigenvalue weighted by molar-refractivity contribution is -0.118. The van der Waals surface area contributed by atoms with E-state index in [0.29, 0.717) is 19.7 Å². The van der Waals surface area contributed by atoms with Crippen LogP contribution >= 0.6 is 0 Å². The van der Waals surface area contributed by atoms with Crippen LogP contribution in [0.4, 0.5) is 0 Å². The van der Waals surface area contributed by atoms with Crippen LogP contribution in [0.5, 0.6) is 0 Å². The number of imidazole rings is 1. The Morgan fingerprint density at radius 2 is 2.30 bits per heavy atom. The van der Waals surface area contributed by atoms with Crippen molar-refractivity contribution in [3.8, 4) is 0 Å². The Kier molecular flexibility index (Phi) is 5.14. The summed E-state index contributed by atoms with van der Waals surface area (Å²) in [5.74, 6) is 0. The molecule has 0 amide bonds. The van der Waals surface area contributed by atoms with E-state index in [1.807, 2.05) is 5.06 Å². The first-order chi connectivity index (χ1) is 9.52. The average molecular weight is 303 g/mol. The lowest BCUT2D eigenvalue weighted by Crippen LogP contribution is -2.21. The van der Waals surface area contributed by atoms with Crippen molar-refractivity contribution >= 4 is 9.84 Å². The molecule has 0 N–H and O–H groups in total. The normalized spacial score (nSPS) is 16.9. The van der Waals surface area contributed by atoms with Crippen LogP contribution in [-0.2, 0) is 32.5 Å². The highest BCUT2D eigenvalue weighted by Gasteiger charge is 2.21. The van der Waals surface area contributed by atoms with Crippen molar-refractivity contribution in [2.75, 3.05) is 33.1 Å². The first-order valence-corrected chi connectivity index (χ1v) is 8.53. The van der Waals surface area contributed by atoms with E-state index < -0.39 is 9.84 Å². The molecule has 1 aromatic heterocycles. The molecular weight excluding hydrogens is 282 g/mol. The summed E-state index contributed by atoms with van der Waals surface area (Å²) in [5, 5.41) is 1.96. The maximum atomic E-state index is 11.8. The minimum Gasteiger partial charge on any atom is -0.385 e. The maximum Gasteiger partial charge on any atom is 0.227 e. The fourth-order valence-electron chi connectivity index (χ4n) is 2.22. The van der Waals surface area contributed by atoms with E-state index in [0.717, 1.165) is 31.7 Å². The third-order valence-corrected chi connectivity index (χ3v) is 4.12. The molecule has 0 unspecified atom stereocenters. The fourth-order valence-corrected chi connectivity index (χ4v) is 3.08. The zero-order valence-electron chi connectivity index (χ0n) is 11.9. The molecule has 0 aliphatic carbocycles. The molecule has 0 aromatic carbocycles. The van der Waals surface area contributed by atoms with E-state index in [2.05, 4.69) is 4.98 Å². The lowest BCUT2D eigenvalue weighted by atomic mass is 10.4. The molecule has 0 bridgehead atoms. The van der Waals surface area contributed by atoms with E-state index in [1.54, 1.807) is 17.9 Å². The summed E-state index contributed by atoms with van der Waals surface area (Å²) in [6.45, 7) is 3.28. The van der Waals surface area contributed by atoms with Crippen molar-refractivity contribution in [2.24, 2.45) is 0 Å². The SMILES string of the molecule is COCCCn1c(CN2CCCO2)cnc1S(C)(=O)=O. The van der Waals surface area contributed by atoms with Gasteiger partial charge >= 0.3 is 0 Å². The van der Waals surface area contributed by atoms with E-state index >= 15 is 0 Å². The van der Waals surface area contributed by atoms with Gasteiger partial charge in [0, 0.05) is 33.1 Å². The van der Waals surface area contributed by atoms with Gasteiger partial charge in [-0.05, 0) is 12.8 Å². The number of sulfone groups is 1. The van der Waals surface area contributed by atoms with Gasteiger partial charge in [-0.25, -0.2) is 13.4 Å². The fraction of sp³-hybridized carbons (Fsp3) is 0.750. The first kappa shape index (κ1) is 15.4. The van der Waals surface area contributed by atoms with Crippen LogP contribution in [0, 0.1) is 0 Å². The molecule has 1 saturated heterocycles. The minimum absolute atomic E-state index is 0.114. The molecular formula is C12H21N3O4S. The third kappa shape index (κ3) is 3.78. The molecule has 0 spiro atoms. The van der Waals surface area contributed by atoms with Crippen LogP contribution in [0.2, 0.25) is 0 Å². The molecule has 1 aliphatic rings. The summed E-state index contributed by atoms with van der Waals surface area (Å²) in [5.41, 5.74) is 0.850. The van der Waals surface area contributed by atoms with Crippen LogP contribution in [0.3, 0.4) is 0 Å². The summed E-state index contributed by atoms with van der Waals surface area (Å²) in [6, 6.07) is 0. The minimum atomic E-state index is -3.33. The number of hydrogen-bond donors (Lipinski definition) is 0. The smallest absolute Gasteiger partial charge is 0.227 e. The van der Waals surface area contributed by atoms with Crippen molar-refractivity contribution in [2.45, 2.75) is 31.1 Å². The van der Waals surface area contributed by atoms with Gasteiger partial charge in [-0.15, -0.1) is 0 Å². The summed E-state index contributed by atoms with van der Waals surface area (Å²) in [7, 11) is -1.70. The highest BCUT2D eigenvalue weighted by molar-refractivity contribution is 7.90. The van der Waals surface area contributed by atoms with E-state index in [1.165, 1.54) is 6.26 Å². The predicted octanol–water partition coefficient (Wildman–Crippen LogP) is 0.460. The van der Waals surface area contributed by atoms with E-state index in [4.69, 9.17) is 9.57 Å². The first-order valence-electron chi connectivity index (χ1n) is 6.63. The molecule has 114 valence electrons. The monoisotopic (exact) mass is 303 g/mol. The van der Waals surface area contributed by atoms with Crippen LogP contribution in [-0.4, -0.2) is 56.2 Å². The number of ether oxygens (including phenoxy) is 1. The lowest BCUT2D eigenvalue weighted by Gasteiger charge is -2.16. The van der Waals surface area contributed by atoms with Gasteiger partial charge in [0.2, 0.25) is 15.0 Å². The van der Waals surface area contributed by atoms with E-state index in [9.17, 15) is 8.42 Å². The van der Waals surface area contributed by atoms with Gasteiger partial charge in [-0.1, -0.05) is 0 Å². The van der Waals surface area contributed by atoms with Crippen LogP contribution < -0.4 is 0 Å². The zero-order valence-corrected chi connectivity index (χ0v) is 12.7. The van der Waals surface area contributed by atoms with Gasteiger partial charge in [0.15, 0.2) is 0 Å². The van der Waals surface area contributed by atoms with Gasteiger partial charge in [0.25, 0.3) is 0 Å². The number of nitrogens with zero attached hydrogens (tertiary/aromatic N) is 3. The Hall–Kier alpha value is -0.960. The average Bonchev–Trinajstić information content (AvgIpc) is 3.00. The molecule has 20 heavy (non-hydrogen) atoms. The number of hydroxylamine groups is 2. The second kappa shape index (κ2) is 6.66. The summed E-state index contributed by atoms with van der Waals surface area (Å²) in [4.78, 5) is 9.51. The van der Waals surface area contributed by atoms with Crippen LogP contribution in [0.25, 0.3) is 0 Å². The van der Waals surface area contributed by atoms with Crippen molar-refractivity contribution < 1.29 is 18.0 Å². The topological polar surface area (TPSA) is 73.7 Å². The summed E-state index contributed by atoms with van der Waals surface area (Å²) in [6.07, 6.45) is 4.53. The van der Waals surface area contributed by atoms with Crippen molar-refractivity contribution in [3.05, 3.63) is 11.9 Å². The molecule has 8 heteroatoms. The highest BCUT2D eigenvalue weighted by atomic mass is 32.2. The highest BCUT2D eigenvalue weighted by Crippen LogP contribution is 2.16. The van der Waals surface area contributed by atoms with Gasteiger partial charge in [0.05, 0.1) is 25.0 Å². The summed E-state index contributed by atoms with van der Waals surface area (Å²) >= 11 is 0. The van der Waals surface area contributed by atoms with Gasteiger partial charge < -0.3 is 9.30 Å². The predicted molar refractivity (Wildman–Crippen MR) is 72.8 cm³/mol. The van der Waals surface area contributed by atoms with Gasteiger partial charge in [0.1, 0.15) is 0 Å². The molecule has 1 aromatic rings. The van der Waals surface area contributed by atoms with Crippen LogP contribution in [0.15, 0.2) is 11.4 Å². The zero-order chi connectivity index (χ0) is 14.6. The third-order valence-electron chi connectivity index (χ3n) is 3.13. The Balaban J connectivity index is 2.18. The number of hydrogen-bond acceptors (Lipinski definition) is 6. The second-order valence-corrected chi connectivity index (χ2v) is 6.76. The molecule has 2 rings (SSSR count). The van der Waals surface area contributed by atoms with E-state index in [-0.39, 0.29) is 5.16 Å². The molecule has 2 heterocycles. The number of methoxy groups -OCH3 is 1. The van der Waals surface area contributed by atoms with Gasteiger partial charge in [-0.3, -0.25) is 4.84 Å². The quantitative estimate of drug-likeness (QED) is 0.681. The largest absolute Gasteiger partial charge is 0.385 e. The molecule has 1 fully saturated rings. The van der Waals surface area contributed by atoms with Crippen molar-refractivity contribution in [3.63, 3.8) is 0 Å². The number of rotatable bonds is 7. The summed E-state index contributed by atoms with van der Waals surface area (Å²) < 4.78 is 30.3. The Bertz CT molecular complexity index is 535. The van der Waals surface area contributed by atoms with Gasteiger partial charge in [-0.2, -0.15) is 5.06 Å². The Labute approximate surface area is 119 Å². The molecule has 1 aliphatic heterocycles. The second-order valence-electron chi connectivity index (χ2n) is 4.85. The Morgan fingerprint density at radius 3 is 2.90 bits per heavy atom. The number of aromatic nitrogens is 2. The molecule has 0 saturated carbocycles. The van der Waals surface area contributed by atoms with Crippen molar-refractivity contribution in [1.29, 1.82) is 0 Å². The Morgan fingerprint density at radius 1 is 1.50 bits per heavy atom. The molecule has 0 radical (unpaired) electrons. The molecule has 7 nitrogen and oxygen atoms in total. The standard InChI is InChI=1S/C12H21N3O4S/c1-18-7-4-6-15-11(10-14-5-3-8-19-14)9-13-12(15)20(2,16)17/h9H,3-8,10H2,1-2H3.